The summed E-state index contributed by atoms with van der Waals surface area (Å²) in [5.41, 5.74) is 1.75. The molecule has 1 N–H and O–H groups in total. The van der Waals surface area contributed by atoms with E-state index < -0.39 is 16.9 Å². The molecule has 11 heteroatoms. The number of anilines is 2. The summed E-state index contributed by atoms with van der Waals surface area (Å²) in [6.07, 6.45) is -0.313. The summed E-state index contributed by atoms with van der Waals surface area (Å²) < 4.78 is 10.9. The molecule has 3 aromatic rings. The van der Waals surface area contributed by atoms with E-state index in [0.29, 0.717) is 17.9 Å². The lowest BCUT2D eigenvalue weighted by molar-refractivity contribution is -0.384. The number of benzene rings is 2. The average Bonchev–Trinajstić information content (AvgIpc) is 3.18. The molecule has 0 spiro atoms. The zero-order valence-corrected chi connectivity index (χ0v) is 20.5. The molecule has 4 rings (SSSR count). The summed E-state index contributed by atoms with van der Waals surface area (Å²) >= 11 is 1.57. The number of aromatic nitrogens is 1. The second-order valence-corrected chi connectivity index (χ2v) is 9.35. The van der Waals surface area contributed by atoms with E-state index in [-0.39, 0.29) is 29.6 Å². The molecule has 0 saturated heterocycles. The first-order chi connectivity index (χ1) is 16.7. The molecule has 0 bridgehead atoms. The molecule has 1 aromatic heterocycles. The second-order valence-electron chi connectivity index (χ2n) is 7.95. The van der Waals surface area contributed by atoms with E-state index in [9.17, 15) is 19.7 Å². The highest BCUT2D eigenvalue weighted by atomic mass is 32.1. The summed E-state index contributed by atoms with van der Waals surface area (Å²) in [5.74, 6) is -0.172. The molecule has 0 saturated carbocycles. The van der Waals surface area contributed by atoms with Gasteiger partial charge in [-0.3, -0.25) is 24.6 Å². The summed E-state index contributed by atoms with van der Waals surface area (Å²) in [4.78, 5) is 44.0. The van der Waals surface area contributed by atoms with Crippen LogP contribution in [-0.2, 0) is 9.59 Å². The fourth-order valence-electron chi connectivity index (χ4n) is 3.92. The van der Waals surface area contributed by atoms with E-state index in [4.69, 9.17) is 9.47 Å². The number of aryl methyl sites for hydroxylation is 2. The van der Waals surface area contributed by atoms with Crippen LogP contribution in [0.2, 0.25) is 0 Å². The molecule has 2 heterocycles. The molecule has 182 valence electrons. The van der Waals surface area contributed by atoms with E-state index in [1.165, 1.54) is 30.2 Å². The number of methoxy groups -OCH3 is 1. The number of fused-ring (bicyclic) bond motifs is 1. The standard InChI is InChI=1S/C24H24N4O6S/c1-5-20-24(30)27(12-22(29)26-17-8-7-16(33-4)11-18(17)28(31)32)19-10-15(6-9-21(19)34-20)23-13(2)35-14(3)25-23/h6-11,20H,5,12H2,1-4H3,(H,26,29). The van der Waals surface area contributed by atoms with Gasteiger partial charge in [0.05, 0.1) is 34.5 Å². The topological polar surface area (TPSA) is 124 Å². The number of nitrogens with zero attached hydrogens (tertiary/aromatic N) is 3. The maximum absolute atomic E-state index is 13.2. The summed E-state index contributed by atoms with van der Waals surface area (Å²) in [7, 11) is 1.39. The summed E-state index contributed by atoms with van der Waals surface area (Å²) in [6, 6.07) is 9.56. The lowest BCUT2D eigenvalue weighted by Gasteiger charge is -2.34. The van der Waals surface area contributed by atoms with E-state index in [2.05, 4.69) is 10.3 Å². The average molecular weight is 497 g/mol. The molecule has 0 radical (unpaired) electrons. The Balaban J connectivity index is 1.66. The van der Waals surface area contributed by atoms with Crippen molar-refractivity contribution in [1.82, 2.24) is 4.98 Å². The number of carbonyl (C=O) groups excluding carboxylic acids is 2. The van der Waals surface area contributed by atoms with Gasteiger partial charge in [-0.05, 0) is 50.6 Å². The quantitative estimate of drug-likeness (QED) is 0.378. The Hall–Kier alpha value is -3.99. The molecule has 35 heavy (non-hydrogen) atoms. The van der Waals surface area contributed by atoms with Crippen molar-refractivity contribution in [1.29, 1.82) is 0 Å². The third kappa shape index (κ3) is 4.80. The largest absolute Gasteiger partial charge is 0.496 e. The highest BCUT2D eigenvalue weighted by molar-refractivity contribution is 7.11. The predicted octanol–water partition coefficient (Wildman–Crippen LogP) is 4.49. The van der Waals surface area contributed by atoms with Crippen LogP contribution < -0.4 is 19.7 Å². The monoisotopic (exact) mass is 496 g/mol. The first kappa shape index (κ1) is 24.1. The third-order valence-corrected chi connectivity index (χ3v) is 6.47. The molecule has 0 aliphatic carbocycles. The van der Waals surface area contributed by atoms with Gasteiger partial charge < -0.3 is 14.8 Å². The number of nitro benzene ring substituents is 1. The van der Waals surface area contributed by atoms with Crippen LogP contribution in [0.1, 0.15) is 23.2 Å². The van der Waals surface area contributed by atoms with Crippen molar-refractivity contribution in [3.63, 3.8) is 0 Å². The van der Waals surface area contributed by atoms with Crippen molar-refractivity contribution in [3.05, 3.63) is 56.4 Å². The molecule has 1 unspecified atom stereocenters. The van der Waals surface area contributed by atoms with Crippen molar-refractivity contribution in [2.45, 2.75) is 33.3 Å². The van der Waals surface area contributed by atoms with Gasteiger partial charge in [-0.1, -0.05) is 6.92 Å². The first-order valence-corrected chi connectivity index (χ1v) is 11.7. The Morgan fingerprint density at radius 3 is 2.69 bits per heavy atom. The Bertz CT molecular complexity index is 1320. The molecule has 10 nitrogen and oxygen atoms in total. The van der Waals surface area contributed by atoms with Gasteiger partial charge >= 0.3 is 0 Å². The number of ether oxygens (including phenoxy) is 2. The van der Waals surface area contributed by atoms with E-state index in [1.54, 1.807) is 23.5 Å². The van der Waals surface area contributed by atoms with E-state index >= 15 is 0 Å². The zero-order valence-electron chi connectivity index (χ0n) is 19.7. The van der Waals surface area contributed by atoms with Gasteiger partial charge in [0.1, 0.15) is 23.7 Å². The van der Waals surface area contributed by atoms with Gasteiger partial charge in [-0.25, -0.2) is 4.98 Å². The number of nitro groups is 1. The third-order valence-electron chi connectivity index (χ3n) is 5.59. The fraction of sp³-hybridized carbons (Fsp3) is 0.292. The van der Waals surface area contributed by atoms with Gasteiger partial charge in [0, 0.05) is 10.4 Å². The minimum atomic E-state index is -0.736. The van der Waals surface area contributed by atoms with Crippen LogP contribution in [0.3, 0.4) is 0 Å². The number of amides is 2. The van der Waals surface area contributed by atoms with Crippen molar-refractivity contribution in [2.24, 2.45) is 0 Å². The molecule has 1 atom stereocenters. The summed E-state index contributed by atoms with van der Waals surface area (Å²) in [6.45, 7) is 5.38. The number of nitrogens with one attached hydrogen (secondary N) is 1. The minimum absolute atomic E-state index is 0.0103. The van der Waals surface area contributed by atoms with Crippen molar-refractivity contribution < 1.29 is 24.0 Å². The van der Waals surface area contributed by atoms with Crippen LogP contribution in [0.4, 0.5) is 17.1 Å². The maximum atomic E-state index is 13.2. The predicted molar refractivity (Wildman–Crippen MR) is 132 cm³/mol. The van der Waals surface area contributed by atoms with Gasteiger partial charge in [0.2, 0.25) is 5.91 Å². The number of thiazole rings is 1. The van der Waals surface area contributed by atoms with E-state index in [0.717, 1.165) is 21.1 Å². The van der Waals surface area contributed by atoms with Crippen molar-refractivity contribution in [2.75, 3.05) is 23.9 Å². The highest BCUT2D eigenvalue weighted by Crippen LogP contribution is 2.39. The molecule has 2 aromatic carbocycles. The number of carbonyl (C=O) groups is 2. The smallest absolute Gasteiger partial charge is 0.296 e. The normalized spacial score (nSPS) is 14.8. The van der Waals surface area contributed by atoms with Crippen LogP contribution in [0, 0.1) is 24.0 Å². The van der Waals surface area contributed by atoms with Crippen LogP contribution in [0.25, 0.3) is 11.3 Å². The Kier molecular flexibility index (Phi) is 6.70. The molecule has 2 amide bonds. The Morgan fingerprint density at radius 2 is 2.06 bits per heavy atom. The van der Waals surface area contributed by atoms with Gasteiger partial charge in [0.15, 0.2) is 6.10 Å². The molecular weight excluding hydrogens is 472 g/mol. The van der Waals surface area contributed by atoms with Crippen LogP contribution in [-0.4, -0.2) is 41.5 Å². The summed E-state index contributed by atoms with van der Waals surface area (Å²) in [5, 5.41) is 14.9. The fourth-order valence-corrected chi connectivity index (χ4v) is 4.76. The zero-order chi connectivity index (χ0) is 25.3. The second kappa shape index (κ2) is 9.71. The lowest BCUT2D eigenvalue weighted by atomic mass is 10.1. The van der Waals surface area contributed by atoms with Gasteiger partial charge in [-0.15, -0.1) is 11.3 Å². The van der Waals surface area contributed by atoms with Crippen molar-refractivity contribution in [3.8, 4) is 22.8 Å². The molecule has 1 aliphatic rings. The molecule has 0 fully saturated rings. The Labute approximate surface area is 205 Å². The molecular formula is C24H24N4O6S. The highest BCUT2D eigenvalue weighted by Gasteiger charge is 2.35. The Morgan fingerprint density at radius 1 is 1.29 bits per heavy atom. The maximum Gasteiger partial charge on any atom is 0.296 e. The number of hydrogen-bond donors (Lipinski definition) is 1. The van der Waals surface area contributed by atoms with Gasteiger partial charge in [-0.2, -0.15) is 0 Å². The minimum Gasteiger partial charge on any atom is -0.496 e. The number of rotatable bonds is 7. The van der Waals surface area contributed by atoms with E-state index in [1.807, 2.05) is 26.8 Å². The number of hydrogen-bond acceptors (Lipinski definition) is 8. The SMILES string of the molecule is CCC1Oc2ccc(-c3nc(C)sc3C)cc2N(CC(=O)Nc2ccc(OC)cc2[N+](=O)[O-])C1=O. The van der Waals surface area contributed by atoms with Crippen LogP contribution in [0.15, 0.2) is 36.4 Å². The molecule has 1 aliphatic heterocycles. The van der Waals surface area contributed by atoms with Crippen LogP contribution in [0.5, 0.6) is 11.5 Å². The van der Waals surface area contributed by atoms with Gasteiger partial charge in [0.25, 0.3) is 11.6 Å². The lowest BCUT2D eigenvalue weighted by Crippen LogP contribution is -2.48. The van der Waals surface area contributed by atoms with Crippen LogP contribution >= 0.6 is 11.3 Å². The van der Waals surface area contributed by atoms with Crippen molar-refractivity contribution >= 4 is 40.2 Å². The first-order valence-electron chi connectivity index (χ1n) is 10.9.